The molecule has 1 heterocycles. The van der Waals surface area contributed by atoms with Gasteiger partial charge in [0.1, 0.15) is 0 Å². The number of carbonyl (C=O) groups excluding carboxylic acids is 2. The van der Waals surface area contributed by atoms with Crippen LogP contribution in [0, 0.1) is 5.92 Å². The molecule has 0 aromatic heterocycles. The highest BCUT2D eigenvalue weighted by atomic mass is 16.2. The molecule has 5 heteroatoms. The molecule has 5 nitrogen and oxygen atoms in total. The third kappa shape index (κ3) is 2.09. The van der Waals surface area contributed by atoms with Crippen molar-refractivity contribution in [3.63, 3.8) is 0 Å². The molecule has 96 valence electrons. The minimum absolute atomic E-state index is 0.140. The number of hydrogen-bond acceptors (Lipinski definition) is 3. The van der Waals surface area contributed by atoms with E-state index in [9.17, 15) is 9.59 Å². The highest BCUT2D eigenvalue weighted by Gasteiger charge is 2.36. The zero-order chi connectivity index (χ0) is 13.3. The van der Waals surface area contributed by atoms with Crippen molar-refractivity contribution in [2.45, 2.75) is 26.4 Å². The van der Waals surface area contributed by atoms with E-state index in [4.69, 9.17) is 5.73 Å². The number of benzene rings is 1. The van der Waals surface area contributed by atoms with Crippen LogP contribution in [-0.2, 0) is 11.3 Å². The lowest BCUT2D eigenvalue weighted by Gasteiger charge is -2.34. The van der Waals surface area contributed by atoms with Crippen molar-refractivity contribution in [3.05, 3.63) is 29.8 Å². The van der Waals surface area contributed by atoms with Crippen molar-refractivity contribution in [2.75, 3.05) is 4.90 Å². The summed E-state index contributed by atoms with van der Waals surface area (Å²) in [5.74, 6) is -0.412. The number of amides is 3. The molecule has 3 N–H and O–H groups in total. The third-order valence-corrected chi connectivity index (χ3v) is 3.32. The number of anilines is 1. The van der Waals surface area contributed by atoms with Crippen LogP contribution in [0.15, 0.2) is 24.3 Å². The van der Waals surface area contributed by atoms with Gasteiger partial charge in [0.15, 0.2) is 0 Å². The fraction of sp³-hybridized carbons (Fsp3) is 0.385. The van der Waals surface area contributed by atoms with Crippen LogP contribution in [0.2, 0.25) is 0 Å². The van der Waals surface area contributed by atoms with E-state index in [2.05, 4.69) is 5.32 Å². The van der Waals surface area contributed by atoms with Gasteiger partial charge >= 0.3 is 6.03 Å². The number of hydrogen-bond donors (Lipinski definition) is 2. The summed E-state index contributed by atoms with van der Waals surface area (Å²) in [6, 6.07) is 6.64. The van der Waals surface area contributed by atoms with Crippen LogP contribution in [0.1, 0.15) is 19.4 Å². The van der Waals surface area contributed by atoms with Crippen LogP contribution in [0.5, 0.6) is 0 Å². The summed E-state index contributed by atoms with van der Waals surface area (Å²) in [6.07, 6.45) is 0. The third-order valence-electron chi connectivity index (χ3n) is 3.32. The summed E-state index contributed by atoms with van der Waals surface area (Å²) >= 11 is 0. The van der Waals surface area contributed by atoms with E-state index in [-0.39, 0.29) is 23.9 Å². The molecule has 2 rings (SSSR count). The molecule has 1 fully saturated rings. The maximum absolute atomic E-state index is 12.2. The molecule has 0 spiro atoms. The number of nitrogens with one attached hydrogen (secondary N) is 1. The van der Waals surface area contributed by atoms with Crippen LogP contribution in [0.4, 0.5) is 10.5 Å². The van der Waals surface area contributed by atoms with Crippen LogP contribution >= 0.6 is 0 Å². The Bertz CT molecular complexity index is 487. The minimum Gasteiger partial charge on any atom is -0.334 e. The molecule has 0 saturated carbocycles. The first-order valence-corrected chi connectivity index (χ1v) is 5.98. The first-order chi connectivity index (χ1) is 8.54. The molecule has 1 aliphatic rings. The average molecular weight is 247 g/mol. The van der Waals surface area contributed by atoms with E-state index in [1.54, 1.807) is 18.2 Å². The zero-order valence-electron chi connectivity index (χ0n) is 10.5. The molecule has 2 atom stereocenters. The second kappa shape index (κ2) is 4.78. The minimum atomic E-state index is -0.375. The fourth-order valence-electron chi connectivity index (χ4n) is 1.97. The van der Waals surface area contributed by atoms with Crippen LogP contribution in [-0.4, -0.2) is 18.0 Å². The fourth-order valence-corrected chi connectivity index (χ4v) is 1.97. The normalized spacial score (nSPS) is 24.1. The van der Waals surface area contributed by atoms with Gasteiger partial charge in [-0.25, -0.2) is 9.69 Å². The Labute approximate surface area is 106 Å². The molecule has 1 aliphatic heterocycles. The van der Waals surface area contributed by atoms with Crippen molar-refractivity contribution in [2.24, 2.45) is 11.7 Å². The Morgan fingerprint density at radius 3 is 2.72 bits per heavy atom. The van der Waals surface area contributed by atoms with E-state index in [1.165, 1.54) is 4.90 Å². The van der Waals surface area contributed by atoms with E-state index in [0.717, 1.165) is 5.56 Å². The zero-order valence-corrected chi connectivity index (χ0v) is 10.5. The SMILES string of the molecule is CC1NC(=O)N(c2cccc(CN)c2)C(=O)C1C. The molecule has 1 saturated heterocycles. The second-order valence-electron chi connectivity index (χ2n) is 4.57. The Hall–Kier alpha value is -1.88. The van der Waals surface area contributed by atoms with E-state index < -0.39 is 0 Å². The van der Waals surface area contributed by atoms with Gasteiger partial charge in [-0.1, -0.05) is 19.1 Å². The molecule has 0 radical (unpaired) electrons. The largest absolute Gasteiger partial charge is 0.334 e. The van der Waals surface area contributed by atoms with Crippen molar-refractivity contribution >= 4 is 17.6 Å². The molecule has 0 bridgehead atoms. The summed E-state index contributed by atoms with van der Waals surface area (Å²) in [5.41, 5.74) is 7.02. The lowest BCUT2D eigenvalue weighted by Crippen LogP contribution is -2.58. The van der Waals surface area contributed by atoms with Gasteiger partial charge in [0.2, 0.25) is 5.91 Å². The van der Waals surface area contributed by atoms with E-state index in [0.29, 0.717) is 12.2 Å². The van der Waals surface area contributed by atoms with Gasteiger partial charge < -0.3 is 11.1 Å². The number of urea groups is 1. The molecule has 2 unspecified atom stereocenters. The van der Waals surface area contributed by atoms with Gasteiger partial charge in [-0.05, 0) is 24.6 Å². The highest BCUT2D eigenvalue weighted by Crippen LogP contribution is 2.23. The maximum Gasteiger partial charge on any atom is 0.328 e. The Kier molecular flexibility index (Phi) is 3.34. The van der Waals surface area contributed by atoms with Crippen molar-refractivity contribution in [1.29, 1.82) is 0 Å². The Morgan fingerprint density at radius 2 is 2.06 bits per heavy atom. The number of carbonyl (C=O) groups is 2. The maximum atomic E-state index is 12.2. The van der Waals surface area contributed by atoms with Crippen molar-refractivity contribution in [1.82, 2.24) is 5.32 Å². The average Bonchev–Trinajstić information content (AvgIpc) is 2.36. The van der Waals surface area contributed by atoms with Gasteiger partial charge in [-0.2, -0.15) is 0 Å². The monoisotopic (exact) mass is 247 g/mol. The Balaban J connectivity index is 2.36. The molecule has 18 heavy (non-hydrogen) atoms. The number of imide groups is 1. The molecule has 0 aliphatic carbocycles. The van der Waals surface area contributed by atoms with Crippen LogP contribution < -0.4 is 16.0 Å². The molecule has 1 aromatic rings. The smallest absolute Gasteiger partial charge is 0.328 e. The lowest BCUT2D eigenvalue weighted by atomic mass is 9.99. The summed E-state index contributed by atoms with van der Waals surface area (Å²) in [7, 11) is 0. The number of rotatable bonds is 2. The number of nitrogens with two attached hydrogens (primary N) is 1. The molecule has 1 aromatic carbocycles. The predicted molar refractivity (Wildman–Crippen MR) is 69.0 cm³/mol. The lowest BCUT2D eigenvalue weighted by molar-refractivity contribution is -0.122. The first kappa shape index (κ1) is 12.6. The number of nitrogens with zero attached hydrogens (tertiary/aromatic N) is 1. The summed E-state index contributed by atoms with van der Waals surface area (Å²) < 4.78 is 0. The summed E-state index contributed by atoms with van der Waals surface area (Å²) in [4.78, 5) is 25.3. The quantitative estimate of drug-likeness (QED) is 0.825. The standard InChI is InChI=1S/C13H17N3O2/c1-8-9(2)15-13(18)16(12(8)17)11-5-3-4-10(6-11)7-14/h3-6,8-9H,7,14H2,1-2H3,(H,15,18). The molecule has 3 amide bonds. The van der Waals surface area contributed by atoms with E-state index in [1.807, 2.05) is 19.9 Å². The topological polar surface area (TPSA) is 75.4 Å². The molecular formula is C13H17N3O2. The van der Waals surface area contributed by atoms with Gasteiger partial charge in [0.25, 0.3) is 0 Å². The second-order valence-corrected chi connectivity index (χ2v) is 4.57. The first-order valence-electron chi connectivity index (χ1n) is 5.98. The van der Waals surface area contributed by atoms with Crippen LogP contribution in [0.3, 0.4) is 0 Å². The van der Waals surface area contributed by atoms with Gasteiger partial charge in [0, 0.05) is 12.6 Å². The predicted octanol–water partition coefficient (Wildman–Crippen LogP) is 1.23. The van der Waals surface area contributed by atoms with Gasteiger partial charge in [-0.15, -0.1) is 0 Å². The molecular weight excluding hydrogens is 230 g/mol. The van der Waals surface area contributed by atoms with Crippen molar-refractivity contribution < 1.29 is 9.59 Å². The van der Waals surface area contributed by atoms with Gasteiger partial charge in [0.05, 0.1) is 11.6 Å². The van der Waals surface area contributed by atoms with E-state index >= 15 is 0 Å². The Morgan fingerprint density at radius 1 is 1.33 bits per heavy atom. The van der Waals surface area contributed by atoms with Crippen LogP contribution in [0.25, 0.3) is 0 Å². The summed E-state index contributed by atoms with van der Waals surface area (Å²) in [6.45, 7) is 4.02. The highest BCUT2D eigenvalue weighted by molar-refractivity contribution is 6.16. The van der Waals surface area contributed by atoms with Crippen molar-refractivity contribution in [3.8, 4) is 0 Å². The summed E-state index contributed by atoms with van der Waals surface area (Å²) in [5, 5.41) is 2.78. The van der Waals surface area contributed by atoms with Gasteiger partial charge in [-0.3, -0.25) is 4.79 Å².